The molecule has 0 heterocycles. The van der Waals surface area contributed by atoms with Crippen LogP contribution in [0.5, 0.6) is 0 Å². The number of hydrogen-bond acceptors (Lipinski definition) is 2. The molecule has 0 saturated carbocycles. The number of benzene rings is 2. The van der Waals surface area contributed by atoms with E-state index in [1.54, 1.807) is 12.1 Å². The van der Waals surface area contributed by atoms with Crippen molar-refractivity contribution in [3.05, 3.63) is 61.7 Å². The van der Waals surface area contributed by atoms with E-state index < -0.39 is 0 Å². The third-order valence-electron chi connectivity index (χ3n) is 3.03. The lowest BCUT2D eigenvalue weighted by Gasteiger charge is -2.13. The fraction of sp³-hybridized carbons (Fsp3) is 0.125. The smallest absolute Gasteiger partial charge is 0.258 e. The number of aryl methyl sites for hydroxylation is 2. The van der Waals surface area contributed by atoms with E-state index in [1.807, 2.05) is 38.1 Å². The first kappa shape index (κ1) is 17.2. The maximum Gasteiger partial charge on any atom is 0.258 e. The average molecular weight is 445 g/mol. The Kier molecular flexibility index (Phi) is 5.77. The van der Waals surface area contributed by atoms with Gasteiger partial charge in [-0.25, -0.2) is 0 Å². The van der Waals surface area contributed by atoms with Gasteiger partial charge in [0.25, 0.3) is 5.91 Å². The van der Waals surface area contributed by atoms with Crippen molar-refractivity contribution in [1.29, 1.82) is 0 Å². The number of amides is 1. The zero-order chi connectivity index (χ0) is 16.3. The van der Waals surface area contributed by atoms with E-state index in [-0.39, 0.29) is 11.0 Å². The molecule has 22 heavy (non-hydrogen) atoms. The van der Waals surface area contributed by atoms with E-state index in [0.717, 1.165) is 14.8 Å². The van der Waals surface area contributed by atoms with Crippen LogP contribution >= 0.6 is 46.4 Å². The van der Waals surface area contributed by atoms with Gasteiger partial charge in [-0.1, -0.05) is 29.3 Å². The second-order valence-electron chi connectivity index (χ2n) is 4.85. The topological polar surface area (TPSA) is 41.1 Å². The predicted octanol–water partition coefficient (Wildman–Crippen LogP) is 4.69. The summed E-state index contributed by atoms with van der Waals surface area (Å²) in [6.07, 6.45) is 0. The minimum Gasteiger partial charge on any atom is -0.332 e. The van der Waals surface area contributed by atoms with E-state index in [1.165, 1.54) is 5.56 Å². The van der Waals surface area contributed by atoms with Crippen LogP contribution in [0.2, 0.25) is 5.02 Å². The normalized spacial score (nSPS) is 10.2. The highest BCUT2D eigenvalue weighted by Gasteiger charge is 2.12. The van der Waals surface area contributed by atoms with Crippen molar-refractivity contribution in [3.8, 4) is 0 Å². The maximum absolute atomic E-state index is 12.2. The molecule has 0 radical (unpaired) electrons. The molecule has 0 bridgehead atoms. The van der Waals surface area contributed by atoms with E-state index in [4.69, 9.17) is 23.8 Å². The van der Waals surface area contributed by atoms with Gasteiger partial charge in [0.1, 0.15) is 0 Å². The van der Waals surface area contributed by atoms with Crippen LogP contribution < -0.4 is 10.6 Å². The second-order valence-corrected chi connectivity index (χ2v) is 6.91. The quantitative estimate of drug-likeness (QED) is 0.522. The van der Waals surface area contributed by atoms with Crippen molar-refractivity contribution < 1.29 is 4.79 Å². The summed E-state index contributed by atoms with van der Waals surface area (Å²) < 4.78 is 0.931. The first-order valence-corrected chi connectivity index (χ1v) is 8.38. The molecule has 0 aliphatic rings. The highest BCUT2D eigenvalue weighted by atomic mass is 127. The summed E-state index contributed by atoms with van der Waals surface area (Å²) in [7, 11) is 0. The maximum atomic E-state index is 12.2. The largest absolute Gasteiger partial charge is 0.332 e. The summed E-state index contributed by atoms with van der Waals surface area (Å²) in [5.74, 6) is -0.328. The van der Waals surface area contributed by atoms with Gasteiger partial charge in [0, 0.05) is 9.26 Å². The molecule has 2 rings (SSSR count). The zero-order valence-corrected chi connectivity index (χ0v) is 15.8. The zero-order valence-electron chi connectivity index (χ0n) is 12.0. The summed E-state index contributed by atoms with van der Waals surface area (Å²) in [6.45, 7) is 4.01. The average Bonchev–Trinajstić information content (AvgIpc) is 2.44. The van der Waals surface area contributed by atoms with E-state index in [9.17, 15) is 4.79 Å². The molecule has 0 aliphatic carbocycles. The van der Waals surface area contributed by atoms with Crippen LogP contribution in [0.1, 0.15) is 21.5 Å². The third kappa shape index (κ3) is 4.41. The van der Waals surface area contributed by atoms with Gasteiger partial charge in [-0.3, -0.25) is 10.1 Å². The highest BCUT2D eigenvalue weighted by molar-refractivity contribution is 14.1. The summed E-state index contributed by atoms with van der Waals surface area (Å²) in [6, 6.07) is 11.2. The number of carbonyl (C=O) groups excluding carboxylic acids is 1. The standard InChI is InChI=1S/C16H14ClIN2OS/c1-9-3-6-14(10(2)7-9)19-16(22)20-15(21)12-8-11(18)4-5-13(12)17/h3-8H,1-2H3,(H2,19,20,21,22). The van der Waals surface area contributed by atoms with Crippen molar-refractivity contribution in [2.24, 2.45) is 0 Å². The summed E-state index contributed by atoms with van der Waals surface area (Å²) in [5.41, 5.74) is 3.50. The van der Waals surface area contributed by atoms with Crippen molar-refractivity contribution in [1.82, 2.24) is 5.32 Å². The number of hydrogen-bond donors (Lipinski definition) is 2. The highest BCUT2D eigenvalue weighted by Crippen LogP contribution is 2.19. The van der Waals surface area contributed by atoms with Gasteiger partial charge in [-0.2, -0.15) is 0 Å². The number of carbonyl (C=O) groups is 1. The molecule has 0 atom stereocenters. The molecule has 2 N–H and O–H groups in total. The van der Waals surface area contributed by atoms with Crippen LogP contribution in [0.3, 0.4) is 0 Å². The van der Waals surface area contributed by atoms with Crippen molar-refractivity contribution in [2.45, 2.75) is 13.8 Å². The Hall–Kier alpha value is -1.18. The molecule has 6 heteroatoms. The Balaban J connectivity index is 2.08. The fourth-order valence-corrected chi connectivity index (χ4v) is 2.85. The number of anilines is 1. The summed E-state index contributed by atoms with van der Waals surface area (Å²) >= 11 is 13.4. The van der Waals surface area contributed by atoms with Crippen molar-refractivity contribution in [3.63, 3.8) is 0 Å². The van der Waals surface area contributed by atoms with E-state index >= 15 is 0 Å². The first-order chi connectivity index (χ1) is 10.4. The fourth-order valence-electron chi connectivity index (χ4n) is 1.95. The molecule has 0 aliphatic heterocycles. The molecule has 0 fully saturated rings. The third-order valence-corrected chi connectivity index (χ3v) is 4.23. The van der Waals surface area contributed by atoms with Crippen LogP contribution in [-0.4, -0.2) is 11.0 Å². The van der Waals surface area contributed by atoms with Gasteiger partial charge in [0.05, 0.1) is 10.6 Å². The molecular weight excluding hydrogens is 431 g/mol. The lowest BCUT2D eigenvalue weighted by molar-refractivity contribution is 0.0978. The Morgan fingerprint density at radius 3 is 2.59 bits per heavy atom. The van der Waals surface area contributed by atoms with Gasteiger partial charge in [-0.05, 0) is 78.5 Å². The molecule has 0 unspecified atom stereocenters. The van der Waals surface area contributed by atoms with Crippen LogP contribution in [0.4, 0.5) is 5.69 Å². The van der Waals surface area contributed by atoms with Crippen molar-refractivity contribution in [2.75, 3.05) is 5.32 Å². The number of rotatable bonds is 2. The van der Waals surface area contributed by atoms with Gasteiger partial charge in [0.2, 0.25) is 0 Å². The van der Waals surface area contributed by atoms with Gasteiger partial charge in [-0.15, -0.1) is 0 Å². The monoisotopic (exact) mass is 444 g/mol. The Bertz CT molecular complexity index is 749. The molecule has 0 aromatic heterocycles. The molecule has 0 spiro atoms. The number of nitrogens with one attached hydrogen (secondary N) is 2. The minimum atomic E-state index is -0.328. The first-order valence-electron chi connectivity index (χ1n) is 6.51. The van der Waals surface area contributed by atoms with Crippen molar-refractivity contribution >= 4 is 63.1 Å². The van der Waals surface area contributed by atoms with Gasteiger partial charge < -0.3 is 5.32 Å². The van der Waals surface area contributed by atoms with Gasteiger partial charge >= 0.3 is 0 Å². The molecule has 2 aromatic rings. The number of halogens is 2. The van der Waals surface area contributed by atoms with Crippen LogP contribution in [0.25, 0.3) is 0 Å². The van der Waals surface area contributed by atoms with Crippen LogP contribution in [-0.2, 0) is 0 Å². The molecule has 114 valence electrons. The lowest BCUT2D eigenvalue weighted by atomic mass is 10.1. The Labute approximate surface area is 153 Å². The Morgan fingerprint density at radius 2 is 1.91 bits per heavy atom. The summed E-state index contributed by atoms with van der Waals surface area (Å²) in [5, 5.41) is 6.31. The van der Waals surface area contributed by atoms with E-state index in [0.29, 0.717) is 10.6 Å². The molecule has 3 nitrogen and oxygen atoms in total. The molecular formula is C16H14ClIN2OS. The second kappa shape index (κ2) is 7.39. The van der Waals surface area contributed by atoms with E-state index in [2.05, 4.69) is 33.2 Å². The van der Waals surface area contributed by atoms with Crippen LogP contribution in [0, 0.1) is 17.4 Å². The number of thiocarbonyl (C=S) groups is 1. The lowest BCUT2D eigenvalue weighted by Crippen LogP contribution is -2.34. The summed E-state index contributed by atoms with van der Waals surface area (Å²) in [4.78, 5) is 12.2. The predicted molar refractivity (Wildman–Crippen MR) is 104 cm³/mol. The van der Waals surface area contributed by atoms with Crippen LogP contribution in [0.15, 0.2) is 36.4 Å². The molecule has 0 saturated heterocycles. The molecule has 1 amide bonds. The molecule has 2 aromatic carbocycles. The van der Waals surface area contributed by atoms with Gasteiger partial charge in [0.15, 0.2) is 5.11 Å². The minimum absolute atomic E-state index is 0.242. The Morgan fingerprint density at radius 1 is 1.18 bits per heavy atom. The SMILES string of the molecule is Cc1ccc(NC(=S)NC(=O)c2cc(I)ccc2Cl)c(C)c1.